The molecule has 0 unspecified atom stereocenters. The van der Waals surface area contributed by atoms with Gasteiger partial charge in [-0.3, -0.25) is 0 Å². The zero-order valence-corrected chi connectivity index (χ0v) is 27.0. The van der Waals surface area contributed by atoms with Crippen molar-refractivity contribution >= 4 is 0 Å². The minimum Gasteiger partial charge on any atom is -0.488 e. The van der Waals surface area contributed by atoms with Crippen LogP contribution < -0.4 is 4.74 Å². The Morgan fingerprint density at radius 2 is 0.820 bits per heavy atom. The largest absolute Gasteiger partial charge is 0.488 e. The molecule has 2 heterocycles. The van der Waals surface area contributed by atoms with E-state index in [0.717, 1.165) is 61.2 Å². The van der Waals surface area contributed by atoms with Crippen LogP contribution in [0.3, 0.4) is 0 Å². The maximum absolute atomic E-state index is 8.58. The zero-order chi connectivity index (χ0) is 35.1. The van der Waals surface area contributed by atoms with Gasteiger partial charge in [-0.15, -0.1) is 0 Å². The van der Waals surface area contributed by atoms with E-state index >= 15 is 0 Å². The van der Waals surface area contributed by atoms with Crippen molar-refractivity contribution in [2.45, 2.75) is 6.56 Å². The van der Waals surface area contributed by atoms with Gasteiger partial charge in [0.15, 0.2) is 17.5 Å². The van der Waals surface area contributed by atoms with E-state index in [4.69, 9.17) is 22.4 Å². The molecule has 1 aliphatic heterocycles. The molecule has 8 aromatic rings. The van der Waals surface area contributed by atoms with Crippen LogP contribution in [0, 0.1) is 0 Å². The molecule has 7 aromatic carbocycles. The minimum absolute atomic E-state index is 0.509. The Bertz CT molecular complexity index is 2450. The third kappa shape index (κ3) is 5.63. The van der Waals surface area contributed by atoms with Crippen LogP contribution in [0.2, 0.25) is 0 Å². The van der Waals surface area contributed by atoms with E-state index in [2.05, 4.69) is 84.9 Å². The maximum atomic E-state index is 8.58. The van der Waals surface area contributed by atoms with E-state index in [0.29, 0.717) is 28.8 Å². The van der Waals surface area contributed by atoms with E-state index in [1.807, 2.05) is 84.9 Å². The molecule has 1 aromatic heterocycles. The first-order valence-corrected chi connectivity index (χ1v) is 16.6. The Morgan fingerprint density at radius 1 is 0.380 bits per heavy atom. The molecule has 0 atom stereocenters. The van der Waals surface area contributed by atoms with Gasteiger partial charge in [0.2, 0.25) is 0 Å². The number of aromatic nitrogens is 3. The van der Waals surface area contributed by atoms with Crippen LogP contribution in [-0.2, 0) is 6.56 Å². The maximum Gasteiger partial charge on any atom is 0.164 e. The van der Waals surface area contributed by atoms with E-state index < -0.39 is 6.56 Å². The lowest BCUT2D eigenvalue weighted by atomic mass is 9.89. The standard InChI is InChI=1S/C46H31N3O/c1-3-11-31(12-4-1)33-21-25-35(26-22-33)44-47-45(36-27-23-34(24-28-36)32-13-5-2-6-14-32)49-46(48-44)38-17-9-16-37(29-38)40-19-10-20-42-43(40)41-18-8-7-15-39(41)30-50-42/h1-29H,30H2/i30D2. The highest BCUT2D eigenvalue weighted by molar-refractivity contribution is 5.90. The van der Waals surface area contributed by atoms with Crippen molar-refractivity contribution in [3.63, 3.8) is 0 Å². The Balaban J connectivity index is 1.16. The van der Waals surface area contributed by atoms with Crippen molar-refractivity contribution in [1.29, 1.82) is 0 Å². The van der Waals surface area contributed by atoms with Crippen LogP contribution in [0.4, 0.5) is 0 Å². The van der Waals surface area contributed by atoms with E-state index in [1.54, 1.807) is 6.07 Å². The molecule has 0 bridgehead atoms. The van der Waals surface area contributed by atoms with Gasteiger partial charge in [-0.1, -0.05) is 164 Å². The SMILES string of the molecule is [2H]C1([2H])Oc2cccc(-c3cccc(-c4nc(-c5ccc(-c6ccccc6)cc5)nc(-c5ccc(-c6ccccc6)cc5)n4)c3)c2-c2ccccc21. The third-order valence-corrected chi connectivity index (χ3v) is 9.06. The smallest absolute Gasteiger partial charge is 0.164 e. The van der Waals surface area contributed by atoms with Crippen LogP contribution in [0.1, 0.15) is 8.30 Å². The summed E-state index contributed by atoms with van der Waals surface area (Å²) in [5.41, 5.74) is 11.2. The van der Waals surface area contributed by atoms with Gasteiger partial charge >= 0.3 is 0 Å². The molecule has 4 nitrogen and oxygen atoms in total. The Morgan fingerprint density at radius 3 is 1.44 bits per heavy atom. The fraction of sp³-hybridized carbons (Fsp3) is 0.0217. The lowest BCUT2D eigenvalue weighted by Crippen LogP contribution is -2.06. The third-order valence-electron chi connectivity index (χ3n) is 9.06. The molecule has 236 valence electrons. The van der Waals surface area contributed by atoms with E-state index in [9.17, 15) is 0 Å². The molecule has 0 amide bonds. The van der Waals surface area contributed by atoms with Crippen molar-refractivity contribution in [3.05, 3.63) is 181 Å². The van der Waals surface area contributed by atoms with Gasteiger partial charge in [-0.05, 0) is 56.6 Å². The lowest BCUT2D eigenvalue weighted by molar-refractivity contribution is 0.302. The van der Waals surface area contributed by atoms with E-state index in [1.165, 1.54) is 0 Å². The quantitative estimate of drug-likeness (QED) is 0.181. The monoisotopic (exact) mass is 643 g/mol. The number of hydrogen-bond acceptors (Lipinski definition) is 4. The van der Waals surface area contributed by atoms with Gasteiger partial charge < -0.3 is 4.74 Å². The Hall–Kier alpha value is -6.65. The summed E-state index contributed by atoms with van der Waals surface area (Å²) in [5.74, 6) is 2.23. The molecule has 0 saturated carbocycles. The molecule has 0 saturated heterocycles. The summed E-state index contributed by atoms with van der Waals surface area (Å²) >= 11 is 0. The van der Waals surface area contributed by atoms with Gasteiger partial charge in [-0.2, -0.15) is 0 Å². The van der Waals surface area contributed by atoms with Crippen LogP contribution in [0.15, 0.2) is 176 Å². The predicted molar refractivity (Wildman–Crippen MR) is 202 cm³/mol. The number of ether oxygens (including phenoxy) is 1. The highest BCUT2D eigenvalue weighted by Crippen LogP contribution is 2.44. The number of hydrogen-bond donors (Lipinski definition) is 0. The molecule has 0 radical (unpaired) electrons. The average Bonchev–Trinajstić information content (AvgIpc) is 3.21. The van der Waals surface area contributed by atoms with Crippen LogP contribution >= 0.6 is 0 Å². The van der Waals surface area contributed by atoms with Crippen molar-refractivity contribution < 1.29 is 7.48 Å². The highest BCUT2D eigenvalue weighted by atomic mass is 16.5. The first-order chi connectivity index (χ1) is 25.5. The first kappa shape index (κ1) is 27.3. The fourth-order valence-electron chi connectivity index (χ4n) is 6.51. The second-order valence-corrected chi connectivity index (χ2v) is 12.2. The van der Waals surface area contributed by atoms with Crippen molar-refractivity contribution in [1.82, 2.24) is 15.0 Å². The van der Waals surface area contributed by atoms with E-state index in [-0.39, 0.29) is 0 Å². The van der Waals surface area contributed by atoms with Crippen molar-refractivity contribution in [3.8, 4) is 84.4 Å². The Kier molecular flexibility index (Phi) is 6.97. The van der Waals surface area contributed by atoms with Gasteiger partial charge in [0.05, 0.1) is 2.74 Å². The second kappa shape index (κ2) is 12.8. The number of benzene rings is 7. The van der Waals surface area contributed by atoms with Gasteiger partial charge in [0.1, 0.15) is 12.3 Å². The van der Waals surface area contributed by atoms with Crippen molar-refractivity contribution in [2.75, 3.05) is 0 Å². The summed E-state index contributed by atoms with van der Waals surface area (Å²) in [6.45, 7) is -1.93. The molecular formula is C46H31N3O. The molecule has 50 heavy (non-hydrogen) atoms. The van der Waals surface area contributed by atoms with Crippen molar-refractivity contribution in [2.24, 2.45) is 0 Å². The number of nitrogens with zero attached hydrogens (tertiary/aromatic N) is 3. The van der Waals surface area contributed by atoms with Gasteiger partial charge in [0, 0.05) is 22.3 Å². The minimum atomic E-state index is -1.93. The molecule has 1 aliphatic rings. The molecule has 4 heteroatoms. The lowest BCUT2D eigenvalue weighted by Gasteiger charge is -2.23. The number of fused-ring (bicyclic) bond motifs is 3. The zero-order valence-electron chi connectivity index (χ0n) is 29.0. The summed E-state index contributed by atoms with van der Waals surface area (Å²) in [4.78, 5) is 15.1. The second-order valence-electron chi connectivity index (χ2n) is 12.2. The summed E-state index contributed by atoms with van der Waals surface area (Å²) in [5, 5.41) is 0. The molecule has 0 N–H and O–H groups in total. The topological polar surface area (TPSA) is 47.9 Å². The molecular weight excluding hydrogens is 611 g/mol. The average molecular weight is 644 g/mol. The highest BCUT2D eigenvalue weighted by Gasteiger charge is 2.21. The molecule has 0 aliphatic carbocycles. The van der Waals surface area contributed by atoms with Gasteiger partial charge in [0.25, 0.3) is 0 Å². The molecule has 0 spiro atoms. The molecule has 0 fully saturated rings. The molecule has 9 rings (SSSR count). The van der Waals surface area contributed by atoms with Crippen LogP contribution in [0.5, 0.6) is 5.75 Å². The summed E-state index contributed by atoms with van der Waals surface area (Å²) < 4.78 is 23.1. The van der Waals surface area contributed by atoms with Crippen LogP contribution in [-0.4, -0.2) is 15.0 Å². The number of rotatable bonds is 6. The summed E-state index contributed by atoms with van der Waals surface area (Å²) in [7, 11) is 0. The first-order valence-electron chi connectivity index (χ1n) is 17.6. The summed E-state index contributed by atoms with van der Waals surface area (Å²) in [6.07, 6.45) is 0. The van der Waals surface area contributed by atoms with Gasteiger partial charge in [-0.25, -0.2) is 15.0 Å². The predicted octanol–water partition coefficient (Wildman–Crippen LogP) is 11.4. The Labute approximate surface area is 294 Å². The van der Waals surface area contributed by atoms with Crippen LogP contribution in [0.25, 0.3) is 78.7 Å². The normalized spacial score (nSPS) is 13.3. The fourth-order valence-corrected chi connectivity index (χ4v) is 6.51. The summed E-state index contributed by atoms with van der Waals surface area (Å²) in [6, 6.07) is 58.7.